The number of pyridine rings is 1. The molecule has 5 heteroatoms. The summed E-state index contributed by atoms with van der Waals surface area (Å²) in [5, 5.41) is 10.2. The van der Waals surface area contributed by atoms with Crippen LogP contribution in [0.5, 0.6) is 0 Å². The maximum Gasteiger partial charge on any atom is 0.332 e. The van der Waals surface area contributed by atoms with Gasteiger partial charge in [-0.3, -0.25) is 14.9 Å². The van der Waals surface area contributed by atoms with E-state index in [1.54, 1.807) is 0 Å². The van der Waals surface area contributed by atoms with Gasteiger partial charge in [-0.05, 0) is 6.08 Å². The van der Waals surface area contributed by atoms with Crippen molar-refractivity contribution in [3.05, 3.63) is 44.9 Å². The van der Waals surface area contributed by atoms with E-state index in [-0.39, 0.29) is 0 Å². The Morgan fingerprint density at radius 1 is 1.67 bits per heavy atom. The molecule has 0 spiro atoms. The lowest BCUT2D eigenvalue weighted by atomic mass is 10.3. The van der Waals surface area contributed by atoms with E-state index in [4.69, 9.17) is 0 Å². The summed E-state index contributed by atoms with van der Waals surface area (Å²) in [5.41, 5.74) is -0.611. The quantitative estimate of drug-likeness (QED) is 0.524. The van der Waals surface area contributed by atoms with E-state index >= 15 is 0 Å². The maximum absolute atomic E-state index is 10.9. The van der Waals surface area contributed by atoms with Gasteiger partial charge in [0.2, 0.25) is 0 Å². The molecule has 0 radical (unpaired) electrons. The topological polar surface area (TPSA) is 76.0 Å². The second kappa shape index (κ2) is 3.00. The molecule has 0 fully saturated rings. The van der Waals surface area contributed by atoms with E-state index in [2.05, 4.69) is 11.6 Å². The van der Waals surface area contributed by atoms with Crippen molar-refractivity contribution < 1.29 is 4.92 Å². The van der Waals surface area contributed by atoms with Crippen molar-refractivity contribution in [2.45, 2.75) is 0 Å². The number of nitrogens with one attached hydrogen (secondary N) is 1. The summed E-state index contributed by atoms with van der Waals surface area (Å²) >= 11 is 0. The van der Waals surface area contributed by atoms with Gasteiger partial charge in [0.1, 0.15) is 0 Å². The lowest BCUT2D eigenvalue weighted by Gasteiger charge is -1.91. The van der Waals surface area contributed by atoms with Crippen molar-refractivity contribution in [1.82, 2.24) is 4.98 Å². The first kappa shape index (κ1) is 8.19. The van der Waals surface area contributed by atoms with Crippen molar-refractivity contribution in [2.24, 2.45) is 0 Å². The van der Waals surface area contributed by atoms with Gasteiger partial charge in [-0.2, -0.15) is 0 Å². The van der Waals surface area contributed by atoms with Crippen molar-refractivity contribution in [3.8, 4) is 0 Å². The highest BCUT2D eigenvalue weighted by Crippen LogP contribution is 2.01. The van der Waals surface area contributed by atoms with E-state index in [1.807, 2.05) is 0 Å². The first-order valence-corrected chi connectivity index (χ1v) is 3.14. The van der Waals surface area contributed by atoms with Gasteiger partial charge in [-0.25, -0.2) is 0 Å². The molecule has 0 aromatic carbocycles. The molecule has 1 aromatic heterocycles. The van der Waals surface area contributed by atoms with E-state index in [0.29, 0.717) is 5.69 Å². The first-order chi connectivity index (χ1) is 5.65. The van der Waals surface area contributed by atoms with Crippen LogP contribution in [0.2, 0.25) is 0 Å². The Hall–Kier alpha value is -1.91. The smallest absolute Gasteiger partial charge is 0.332 e. The van der Waals surface area contributed by atoms with Crippen molar-refractivity contribution in [3.63, 3.8) is 0 Å². The minimum absolute atomic E-state index is 0.458. The fourth-order valence-electron chi connectivity index (χ4n) is 0.740. The molecule has 1 rings (SSSR count). The van der Waals surface area contributed by atoms with Crippen LogP contribution in [-0.2, 0) is 0 Å². The number of hydrogen-bond donors (Lipinski definition) is 1. The fourth-order valence-corrected chi connectivity index (χ4v) is 0.740. The van der Waals surface area contributed by atoms with Crippen molar-refractivity contribution in [2.75, 3.05) is 0 Å². The Morgan fingerprint density at radius 2 is 2.33 bits per heavy atom. The lowest BCUT2D eigenvalue weighted by Crippen LogP contribution is -2.07. The third-order valence-electron chi connectivity index (χ3n) is 1.33. The molecule has 0 amide bonds. The third kappa shape index (κ3) is 1.39. The van der Waals surface area contributed by atoms with E-state index < -0.39 is 16.0 Å². The Bertz CT molecular complexity index is 380. The number of aromatic amines is 1. The first-order valence-electron chi connectivity index (χ1n) is 3.14. The van der Waals surface area contributed by atoms with Crippen LogP contribution in [0.3, 0.4) is 0 Å². The highest BCUT2D eigenvalue weighted by atomic mass is 16.6. The zero-order chi connectivity index (χ0) is 9.14. The molecular formula is C7H6N2O3. The minimum atomic E-state index is -0.730. The summed E-state index contributed by atoms with van der Waals surface area (Å²) in [7, 11) is 0. The maximum atomic E-state index is 10.9. The minimum Gasteiger partial charge on any atom is -0.356 e. The molecule has 0 aliphatic rings. The van der Waals surface area contributed by atoms with Crippen LogP contribution in [0.15, 0.2) is 23.6 Å². The van der Waals surface area contributed by atoms with E-state index in [9.17, 15) is 14.9 Å². The predicted octanol–water partition coefficient (Wildman–Crippen LogP) is 0.926. The summed E-state index contributed by atoms with van der Waals surface area (Å²) in [4.78, 5) is 22.9. The normalized spacial score (nSPS) is 9.33. The molecular weight excluding hydrogens is 160 g/mol. The number of hydrogen-bond acceptors (Lipinski definition) is 3. The fraction of sp³-hybridized carbons (Fsp3) is 0. The van der Waals surface area contributed by atoms with Crippen LogP contribution in [0.4, 0.5) is 5.69 Å². The number of rotatable bonds is 2. The van der Waals surface area contributed by atoms with Crippen LogP contribution in [0.1, 0.15) is 5.69 Å². The van der Waals surface area contributed by atoms with Gasteiger partial charge < -0.3 is 4.98 Å². The molecule has 1 N–H and O–H groups in total. The Labute approximate surface area is 67.5 Å². The van der Waals surface area contributed by atoms with Crippen LogP contribution >= 0.6 is 0 Å². The molecule has 0 bridgehead atoms. The summed E-state index contributed by atoms with van der Waals surface area (Å²) < 4.78 is 0. The molecule has 0 atom stereocenters. The Morgan fingerprint density at radius 3 is 2.75 bits per heavy atom. The van der Waals surface area contributed by atoms with Gasteiger partial charge in [0.15, 0.2) is 0 Å². The van der Waals surface area contributed by atoms with Gasteiger partial charge >= 0.3 is 5.69 Å². The van der Waals surface area contributed by atoms with Gasteiger partial charge in [-0.1, -0.05) is 6.58 Å². The molecule has 12 heavy (non-hydrogen) atoms. The average Bonchev–Trinajstić information content (AvgIpc) is 2.03. The second-order valence-corrected chi connectivity index (χ2v) is 2.10. The second-order valence-electron chi connectivity index (χ2n) is 2.10. The Kier molecular flexibility index (Phi) is 2.05. The number of nitro groups is 1. The lowest BCUT2D eigenvalue weighted by molar-refractivity contribution is -0.386. The SMILES string of the molecule is C=Cc1cc(=O)c([N+](=O)[O-])c[nH]1. The number of aromatic nitrogens is 1. The van der Waals surface area contributed by atoms with Crippen LogP contribution < -0.4 is 5.43 Å². The van der Waals surface area contributed by atoms with Crippen molar-refractivity contribution in [1.29, 1.82) is 0 Å². The van der Waals surface area contributed by atoms with Crippen LogP contribution in [0.25, 0.3) is 6.08 Å². The van der Waals surface area contributed by atoms with Gasteiger partial charge in [0.05, 0.1) is 11.1 Å². The van der Waals surface area contributed by atoms with Gasteiger partial charge in [0.25, 0.3) is 5.43 Å². The van der Waals surface area contributed by atoms with Crippen LogP contribution in [0, 0.1) is 10.1 Å². The largest absolute Gasteiger partial charge is 0.356 e. The standard InChI is InChI=1S/C7H6N2O3/c1-2-5-3-7(10)6(4-8-5)9(11)12/h2-4H,1H2,(H,8,10). The van der Waals surface area contributed by atoms with Crippen molar-refractivity contribution >= 4 is 11.8 Å². The molecule has 0 saturated carbocycles. The summed E-state index contributed by atoms with van der Waals surface area (Å²) in [6, 6.07) is 1.13. The molecule has 1 heterocycles. The Balaban J connectivity index is 3.30. The molecule has 62 valence electrons. The van der Waals surface area contributed by atoms with Gasteiger partial charge in [0, 0.05) is 11.8 Å². The monoisotopic (exact) mass is 166 g/mol. The van der Waals surface area contributed by atoms with E-state index in [0.717, 1.165) is 12.3 Å². The highest BCUT2D eigenvalue weighted by Gasteiger charge is 2.09. The van der Waals surface area contributed by atoms with Gasteiger partial charge in [-0.15, -0.1) is 0 Å². The van der Waals surface area contributed by atoms with Crippen LogP contribution in [-0.4, -0.2) is 9.91 Å². The predicted molar refractivity (Wildman–Crippen MR) is 43.8 cm³/mol. The number of nitrogens with zero attached hydrogens (tertiary/aromatic N) is 1. The zero-order valence-corrected chi connectivity index (χ0v) is 6.11. The summed E-state index contributed by atoms with van der Waals surface area (Å²) in [6.45, 7) is 3.41. The highest BCUT2D eigenvalue weighted by molar-refractivity contribution is 5.43. The molecule has 0 aliphatic carbocycles. The average molecular weight is 166 g/mol. The zero-order valence-electron chi connectivity index (χ0n) is 6.11. The molecule has 0 unspecified atom stereocenters. The van der Waals surface area contributed by atoms with E-state index in [1.165, 1.54) is 6.08 Å². The summed E-state index contributed by atoms with van der Waals surface area (Å²) in [5.74, 6) is 0. The molecule has 5 nitrogen and oxygen atoms in total. The summed E-state index contributed by atoms with van der Waals surface area (Å²) in [6.07, 6.45) is 2.46. The number of H-pyrrole nitrogens is 1. The molecule has 0 saturated heterocycles. The molecule has 1 aromatic rings. The third-order valence-corrected chi connectivity index (χ3v) is 1.33. The molecule has 0 aliphatic heterocycles.